The summed E-state index contributed by atoms with van der Waals surface area (Å²) in [4.78, 5) is 13.8. The van der Waals surface area contributed by atoms with Crippen molar-refractivity contribution in [3.63, 3.8) is 0 Å². The molecule has 2 aliphatic heterocycles. The van der Waals surface area contributed by atoms with Gasteiger partial charge in [0.2, 0.25) is 0 Å². The van der Waals surface area contributed by atoms with Crippen molar-refractivity contribution >= 4 is 17.3 Å². The minimum absolute atomic E-state index is 0.365. The number of aromatic nitrogens is 2. The lowest BCUT2D eigenvalue weighted by Crippen LogP contribution is -2.39. The summed E-state index contributed by atoms with van der Waals surface area (Å²) in [6.45, 7) is 7.69. The van der Waals surface area contributed by atoms with E-state index in [1.165, 1.54) is 5.56 Å². The van der Waals surface area contributed by atoms with E-state index in [9.17, 15) is 0 Å². The van der Waals surface area contributed by atoms with Crippen LogP contribution in [0.5, 0.6) is 11.8 Å². The molecule has 10 nitrogen and oxygen atoms in total. The van der Waals surface area contributed by atoms with Gasteiger partial charge in [0, 0.05) is 44.4 Å². The Labute approximate surface area is 199 Å². The molecule has 0 spiro atoms. The van der Waals surface area contributed by atoms with Crippen molar-refractivity contribution in [2.45, 2.75) is 6.42 Å². The third kappa shape index (κ3) is 5.52. The van der Waals surface area contributed by atoms with Crippen LogP contribution in [0.25, 0.3) is 5.70 Å². The predicted octanol–water partition coefficient (Wildman–Crippen LogP) is 1.55. The van der Waals surface area contributed by atoms with Gasteiger partial charge < -0.3 is 23.8 Å². The fraction of sp³-hybridized carbons (Fsp3) is 0.500. The van der Waals surface area contributed by atoms with Crippen LogP contribution in [-0.4, -0.2) is 87.7 Å². The molecule has 0 unspecified atom stereocenters. The number of hydrazine groups is 1. The number of nitrogens with one attached hydrogen (secondary N) is 2. The van der Waals surface area contributed by atoms with Crippen molar-refractivity contribution in [3.05, 3.63) is 41.5 Å². The maximum absolute atomic E-state index is 5.98. The largest absolute Gasteiger partial charge is 0.497 e. The molecule has 5 rings (SSSR count). The number of allylic oxidation sites excluding steroid dienone is 1. The molecule has 2 saturated heterocycles. The summed E-state index contributed by atoms with van der Waals surface area (Å²) in [6.07, 6.45) is 3.03. The number of fused-ring (bicyclic) bond motifs is 1. The fourth-order valence-electron chi connectivity index (χ4n) is 4.27. The molecule has 3 aliphatic rings. The lowest BCUT2D eigenvalue weighted by Gasteiger charge is -2.28. The molecule has 1 aromatic heterocycles. The van der Waals surface area contributed by atoms with Gasteiger partial charge in [0.15, 0.2) is 5.82 Å². The molecular weight excluding hydrogens is 436 g/mol. The first kappa shape index (κ1) is 22.7. The highest BCUT2D eigenvalue weighted by molar-refractivity contribution is 5.73. The number of hydrogen-bond donors (Lipinski definition) is 2. The van der Waals surface area contributed by atoms with Crippen molar-refractivity contribution < 1.29 is 18.9 Å². The van der Waals surface area contributed by atoms with Crippen molar-refractivity contribution in [1.82, 2.24) is 20.3 Å². The van der Waals surface area contributed by atoms with Crippen LogP contribution in [-0.2, 0) is 15.9 Å². The van der Waals surface area contributed by atoms with Crippen LogP contribution >= 0.6 is 0 Å². The van der Waals surface area contributed by atoms with Crippen LogP contribution in [0.15, 0.2) is 30.3 Å². The van der Waals surface area contributed by atoms with Gasteiger partial charge in [-0.3, -0.25) is 15.8 Å². The minimum atomic E-state index is 0.365. The van der Waals surface area contributed by atoms with Crippen LogP contribution < -0.4 is 25.2 Å². The van der Waals surface area contributed by atoms with E-state index in [1.54, 1.807) is 7.11 Å². The summed E-state index contributed by atoms with van der Waals surface area (Å²) in [6, 6.07) is 8.44. The molecule has 34 heavy (non-hydrogen) atoms. The second kappa shape index (κ2) is 10.9. The molecule has 0 bridgehead atoms. The summed E-state index contributed by atoms with van der Waals surface area (Å²) in [5.74, 6) is 2.31. The van der Waals surface area contributed by atoms with Gasteiger partial charge in [0.05, 0.1) is 39.2 Å². The van der Waals surface area contributed by atoms with Crippen molar-refractivity contribution in [3.8, 4) is 11.8 Å². The van der Waals surface area contributed by atoms with E-state index in [2.05, 4.69) is 42.8 Å². The second-order valence-electron chi connectivity index (χ2n) is 8.39. The molecule has 1 aliphatic carbocycles. The zero-order valence-corrected chi connectivity index (χ0v) is 19.6. The lowest BCUT2D eigenvalue weighted by atomic mass is 10.1. The third-order valence-electron chi connectivity index (χ3n) is 6.23. The lowest BCUT2D eigenvalue weighted by molar-refractivity contribution is 0.0317. The van der Waals surface area contributed by atoms with E-state index in [4.69, 9.17) is 18.9 Å². The average Bonchev–Trinajstić information content (AvgIpc) is 3.30. The Kier molecular flexibility index (Phi) is 7.28. The highest BCUT2D eigenvalue weighted by Gasteiger charge is 2.18. The number of morpholine rings is 2. The first-order valence-electron chi connectivity index (χ1n) is 11.8. The Balaban J connectivity index is 1.27. The molecule has 0 saturated carbocycles. The number of benzene rings is 1. The molecule has 3 heterocycles. The zero-order valence-electron chi connectivity index (χ0n) is 19.6. The summed E-state index contributed by atoms with van der Waals surface area (Å²) < 4.78 is 22.3. The Morgan fingerprint density at radius 1 is 0.971 bits per heavy atom. The second-order valence-corrected chi connectivity index (χ2v) is 8.39. The van der Waals surface area contributed by atoms with Gasteiger partial charge in [0.25, 0.3) is 0 Å². The van der Waals surface area contributed by atoms with Gasteiger partial charge in [-0.1, -0.05) is 12.1 Å². The predicted molar refractivity (Wildman–Crippen MR) is 129 cm³/mol. The topological polar surface area (TPSA) is 93.2 Å². The summed E-state index contributed by atoms with van der Waals surface area (Å²) in [5.41, 5.74) is 9.94. The average molecular weight is 469 g/mol. The SMILES string of the molecule is COc1ccc2c(c1)C(NNc1cc(N3CCOCC3)nc(OCCN3CCOCC3)n1)=CC2. The van der Waals surface area contributed by atoms with Gasteiger partial charge in [-0.25, -0.2) is 0 Å². The van der Waals surface area contributed by atoms with Crippen LogP contribution in [0.4, 0.5) is 11.6 Å². The van der Waals surface area contributed by atoms with E-state index in [0.717, 1.165) is 75.2 Å². The maximum Gasteiger partial charge on any atom is 0.320 e. The molecule has 10 heteroatoms. The third-order valence-corrected chi connectivity index (χ3v) is 6.23. The number of anilines is 2. The van der Waals surface area contributed by atoms with Gasteiger partial charge in [-0.2, -0.15) is 9.97 Å². The normalized spacial score (nSPS) is 18.3. The van der Waals surface area contributed by atoms with Crippen molar-refractivity contribution in [2.75, 3.05) is 83.2 Å². The van der Waals surface area contributed by atoms with E-state index in [1.807, 2.05) is 18.2 Å². The van der Waals surface area contributed by atoms with Crippen LogP contribution in [0.3, 0.4) is 0 Å². The van der Waals surface area contributed by atoms with Gasteiger partial charge in [-0.05, 0) is 24.1 Å². The number of hydrogen-bond acceptors (Lipinski definition) is 10. The maximum atomic E-state index is 5.98. The van der Waals surface area contributed by atoms with E-state index < -0.39 is 0 Å². The molecule has 0 atom stereocenters. The molecule has 1 aromatic carbocycles. The van der Waals surface area contributed by atoms with E-state index in [-0.39, 0.29) is 0 Å². The first-order valence-corrected chi connectivity index (χ1v) is 11.8. The van der Waals surface area contributed by atoms with Crippen molar-refractivity contribution in [1.29, 1.82) is 0 Å². The van der Waals surface area contributed by atoms with Gasteiger partial charge >= 0.3 is 6.01 Å². The van der Waals surface area contributed by atoms with Crippen molar-refractivity contribution in [2.24, 2.45) is 0 Å². The van der Waals surface area contributed by atoms with Crippen LogP contribution in [0.2, 0.25) is 0 Å². The number of methoxy groups -OCH3 is 1. The molecule has 2 fully saturated rings. The number of nitrogens with zero attached hydrogens (tertiary/aromatic N) is 4. The minimum Gasteiger partial charge on any atom is -0.497 e. The first-order chi connectivity index (χ1) is 16.8. The van der Waals surface area contributed by atoms with E-state index in [0.29, 0.717) is 31.6 Å². The molecule has 0 amide bonds. The number of rotatable bonds is 9. The fourth-order valence-corrected chi connectivity index (χ4v) is 4.27. The summed E-state index contributed by atoms with van der Waals surface area (Å²) in [7, 11) is 1.68. The molecule has 2 N–H and O–H groups in total. The summed E-state index contributed by atoms with van der Waals surface area (Å²) >= 11 is 0. The van der Waals surface area contributed by atoms with Crippen LogP contribution in [0.1, 0.15) is 11.1 Å². The molecule has 0 radical (unpaired) electrons. The molecular formula is C24H32N6O4. The van der Waals surface area contributed by atoms with Gasteiger partial charge in [0.1, 0.15) is 18.2 Å². The standard InChI is InChI=1S/C24H32N6O4/c1-31-19-4-2-18-3-5-21(20(18)16-19)27-28-22-17-23(30-9-13-33-14-10-30)26-24(25-22)34-15-8-29-6-11-32-12-7-29/h2,4-5,16-17,27H,3,6-15H2,1H3,(H,25,26,28). The number of ether oxygens (including phenoxy) is 4. The summed E-state index contributed by atoms with van der Waals surface area (Å²) in [5, 5.41) is 0. The Hall–Kier alpha value is -3.08. The van der Waals surface area contributed by atoms with Crippen LogP contribution in [0, 0.1) is 0 Å². The van der Waals surface area contributed by atoms with E-state index >= 15 is 0 Å². The molecule has 182 valence electrons. The monoisotopic (exact) mass is 468 g/mol. The van der Waals surface area contributed by atoms with Gasteiger partial charge in [-0.15, -0.1) is 0 Å². The quantitative estimate of drug-likeness (QED) is 0.528. The highest BCUT2D eigenvalue weighted by atomic mass is 16.5. The molecule has 2 aromatic rings. The Morgan fingerprint density at radius 2 is 1.76 bits per heavy atom. The highest BCUT2D eigenvalue weighted by Crippen LogP contribution is 2.29. The Bertz CT molecular complexity index is 1000. The Morgan fingerprint density at radius 3 is 2.56 bits per heavy atom. The zero-order chi connectivity index (χ0) is 23.2. The smallest absolute Gasteiger partial charge is 0.320 e.